The molecule has 0 saturated heterocycles. The van der Waals surface area contributed by atoms with Crippen LogP contribution in [0.3, 0.4) is 0 Å². The van der Waals surface area contributed by atoms with Crippen molar-refractivity contribution in [2.45, 2.75) is 19.5 Å². The molecule has 1 N–H and O–H groups in total. The summed E-state index contributed by atoms with van der Waals surface area (Å²) < 4.78 is 37.0. The quantitative estimate of drug-likeness (QED) is 0.878. The Bertz CT molecular complexity index is 499. The number of halogens is 3. The number of aromatic amines is 1. The lowest BCUT2D eigenvalue weighted by Gasteiger charge is -2.06. The Morgan fingerprint density at radius 2 is 1.82 bits per heavy atom. The van der Waals surface area contributed by atoms with E-state index in [1.165, 1.54) is 12.1 Å². The third-order valence-corrected chi connectivity index (χ3v) is 2.29. The summed E-state index contributed by atoms with van der Waals surface area (Å²) in [6.45, 7) is 1.77. The molecule has 1 heterocycles. The first-order valence-electron chi connectivity index (χ1n) is 4.99. The number of hydrogen-bond donors (Lipinski definition) is 1. The zero-order valence-corrected chi connectivity index (χ0v) is 9.04. The normalized spacial score (nSPS) is 11.8. The summed E-state index contributed by atoms with van der Waals surface area (Å²) in [5, 5.41) is 6.61. The van der Waals surface area contributed by atoms with Gasteiger partial charge in [0.05, 0.1) is 5.56 Å². The molecule has 0 amide bonds. The van der Waals surface area contributed by atoms with E-state index in [4.69, 9.17) is 0 Å². The summed E-state index contributed by atoms with van der Waals surface area (Å²) in [6, 6.07) is 5.01. The lowest BCUT2D eigenvalue weighted by atomic mass is 10.1. The van der Waals surface area contributed by atoms with Crippen molar-refractivity contribution in [3.05, 3.63) is 47.0 Å². The Balaban J connectivity index is 2.13. The van der Waals surface area contributed by atoms with Crippen LogP contribution in [0.2, 0.25) is 0 Å². The smallest absolute Gasteiger partial charge is 0.263 e. The number of nitrogens with one attached hydrogen (secondary N) is 1. The van der Waals surface area contributed by atoms with E-state index in [1.807, 2.05) is 0 Å². The molecule has 17 heavy (non-hydrogen) atoms. The van der Waals surface area contributed by atoms with Gasteiger partial charge < -0.3 is 0 Å². The van der Waals surface area contributed by atoms with Crippen molar-refractivity contribution in [2.24, 2.45) is 0 Å². The highest BCUT2D eigenvalue weighted by molar-refractivity contribution is 5.26. The van der Waals surface area contributed by atoms with E-state index in [1.54, 1.807) is 6.92 Å². The monoisotopic (exact) mass is 241 g/mol. The van der Waals surface area contributed by atoms with Gasteiger partial charge in [0.1, 0.15) is 5.82 Å². The first-order valence-corrected chi connectivity index (χ1v) is 4.99. The van der Waals surface area contributed by atoms with E-state index < -0.39 is 11.7 Å². The number of alkyl halides is 3. The van der Waals surface area contributed by atoms with Gasteiger partial charge in [-0.25, -0.2) is 4.98 Å². The van der Waals surface area contributed by atoms with E-state index in [0.717, 1.165) is 17.7 Å². The lowest BCUT2D eigenvalue weighted by Crippen LogP contribution is -2.04. The number of aromatic nitrogens is 3. The molecular weight excluding hydrogens is 231 g/mol. The number of aryl methyl sites for hydroxylation is 1. The maximum absolute atomic E-state index is 12.3. The van der Waals surface area contributed by atoms with Crippen LogP contribution in [0.1, 0.15) is 22.8 Å². The zero-order valence-electron chi connectivity index (χ0n) is 9.04. The first kappa shape index (κ1) is 11.6. The average Bonchev–Trinajstić information content (AvgIpc) is 2.63. The molecule has 0 bridgehead atoms. The Morgan fingerprint density at radius 3 is 2.29 bits per heavy atom. The molecule has 90 valence electrons. The summed E-state index contributed by atoms with van der Waals surface area (Å²) in [4.78, 5) is 4.09. The number of rotatable bonds is 2. The highest BCUT2D eigenvalue weighted by Crippen LogP contribution is 2.29. The zero-order chi connectivity index (χ0) is 12.5. The molecule has 0 fully saturated rings. The largest absolute Gasteiger partial charge is 0.416 e. The molecule has 0 saturated carbocycles. The Kier molecular flexibility index (Phi) is 2.87. The van der Waals surface area contributed by atoms with E-state index in [0.29, 0.717) is 18.1 Å². The van der Waals surface area contributed by atoms with Crippen molar-refractivity contribution in [1.29, 1.82) is 0 Å². The van der Waals surface area contributed by atoms with Crippen molar-refractivity contribution in [1.82, 2.24) is 15.2 Å². The van der Waals surface area contributed by atoms with Gasteiger partial charge in [0.2, 0.25) is 0 Å². The molecule has 3 nitrogen and oxygen atoms in total. The highest BCUT2D eigenvalue weighted by Gasteiger charge is 2.29. The van der Waals surface area contributed by atoms with Crippen molar-refractivity contribution in [3.63, 3.8) is 0 Å². The van der Waals surface area contributed by atoms with Crippen molar-refractivity contribution < 1.29 is 13.2 Å². The predicted octanol–water partition coefficient (Wildman–Crippen LogP) is 2.72. The van der Waals surface area contributed by atoms with Gasteiger partial charge >= 0.3 is 6.18 Å². The van der Waals surface area contributed by atoms with Crippen molar-refractivity contribution >= 4 is 0 Å². The highest BCUT2D eigenvalue weighted by atomic mass is 19.4. The molecule has 0 aliphatic rings. The maximum Gasteiger partial charge on any atom is 0.416 e. The SMILES string of the molecule is Cc1nc(Cc2ccc(C(F)(F)F)cc2)n[nH]1. The molecule has 1 aromatic heterocycles. The van der Waals surface area contributed by atoms with Gasteiger partial charge in [-0.3, -0.25) is 5.10 Å². The van der Waals surface area contributed by atoms with Crippen LogP contribution in [0.15, 0.2) is 24.3 Å². The number of benzene rings is 1. The van der Waals surface area contributed by atoms with Gasteiger partial charge in [-0.2, -0.15) is 18.3 Å². The van der Waals surface area contributed by atoms with Gasteiger partial charge in [-0.05, 0) is 24.6 Å². The fourth-order valence-corrected chi connectivity index (χ4v) is 1.46. The Hall–Kier alpha value is -1.85. The van der Waals surface area contributed by atoms with E-state index in [9.17, 15) is 13.2 Å². The summed E-state index contributed by atoms with van der Waals surface area (Å²) in [5.74, 6) is 1.26. The van der Waals surface area contributed by atoms with Crippen LogP contribution < -0.4 is 0 Å². The summed E-state index contributed by atoms with van der Waals surface area (Å²) in [6.07, 6.45) is -3.87. The predicted molar refractivity (Wildman–Crippen MR) is 55.4 cm³/mol. The number of hydrogen-bond acceptors (Lipinski definition) is 2. The second-order valence-corrected chi connectivity index (χ2v) is 3.71. The molecular formula is C11H10F3N3. The van der Waals surface area contributed by atoms with Crippen LogP contribution in [0, 0.1) is 6.92 Å². The van der Waals surface area contributed by atoms with Gasteiger partial charge in [0, 0.05) is 6.42 Å². The van der Waals surface area contributed by atoms with Crippen LogP contribution in [0.25, 0.3) is 0 Å². The van der Waals surface area contributed by atoms with Gasteiger partial charge in [-0.1, -0.05) is 12.1 Å². The second-order valence-electron chi connectivity index (χ2n) is 3.71. The van der Waals surface area contributed by atoms with Gasteiger partial charge in [0.15, 0.2) is 5.82 Å². The van der Waals surface area contributed by atoms with Crippen molar-refractivity contribution in [3.8, 4) is 0 Å². The van der Waals surface area contributed by atoms with Crippen LogP contribution in [0.4, 0.5) is 13.2 Å². The molecule has 0 aliphatic carbocycles. The van der Waals surface area contributed by atoms with Crippen LogP contribution >= 0.6 is 0 Å². The molecule has 0 unspecified atom stereocenters. The summed E-state index contributed by atoms with van der Waals surface area (Å²) in [7, 11) is 0. The van der Waals surface area contributed by atoms with Crippen LogP contribution in [0.5, 0.6) is 0 Å². The van der Waals surface area contributed by atoms with E-state index in [2.05, 4.69) is 15.2 Å². The molecule has 0 atom stereocenters. The Morgan fingerprint density at radius 1 is 1.18 bits per heavy atom. The molecule has 0 aliphatic heterocycles. The minimum absolute atomic E-state index is 0.419. The Labute approximate surface area is 95.7 Å². The standard InChI is InChI=1S/C11H10F3N3/c1-7-15-10(17-16-7)6-8-2-4-9(5-3-8)11(12,13)14/h2-5H,6H2,1H3,(H,15,16,17). The van der Waals surface area contributed by atoms with Gasteiger partial charge in [0.25, 0.3) is 0 Å². The molecule has 1 aromatic carbocycles. The van der Waals surface area contributed by atoms with Crippen LogP contribution in [-0.4, -0.2) is 15.2 Å². The third-order valence-electron chi connectivity index (χ3n) is 2.29. The number of H-pyrrole nitrogens is 1. The van der Waals surface area contributed by atoms with Crippen molar-refractivity contribution in [2.75, 3.05) is 0 Å². The molecule has 0 spiro atoms. The van der Waals surface area contributed by atoms with Crippen LogP contribution in [-0.2, 0) is 12.6 Å². The lowest BCUT2D eigenvalue weighted by molar-refractivity contribution is -0.137. The topological polar surface area (TPSA) is 41.6 Å². The van der Waals surface area contributed by atoms with Gasteiger partial charge in [-0.15, -0.1) is 0 Å². The minimum Gasteiger partial charge on any atom is -0.263 e. The molecule has 2 rings (SSSR count). The third kappa shape index (κ3) is 2.83. The minimum atomic E-state index is -4.29. The molecule has 6 heteroatoms. The van der Waals surface area contributed by atoms with E-state index >= 15 is 0 Å². The fraction of sp³-hybridized carbons (Fsp3) is 0.273. The first-order chi connectivity index (χ1) is 7.95. The molecule has 2 aromatic rings. The maximum atomic E-state index is 12.3. The molecule has 0 radical (unpaired) electrons. The second kappa shape index (κ2) is 4.20. The summed E-state index contributed by atoms with van der Waals surface area (Å²) in [5.41, 5.74) is 0.101. The van der Waals surface area contributed by atoms with E-state index in [-0.39, 0.29) is 0 Å². The summed E-state index contributed by atoms with van der Waals surface area (Å²) >= 11 is 0. The average molecular weight is 241 g/mol. The fourth-order valence-electron chi connectivity index (χ4n) is 1.46. The number of nitrogens with zero attached hydrogens (tertiary/aromatic N) is 2.